The first-order valence-corrected chi connectivity index (χ1v) is 7.80. The smallest absolute Gasteiger partial charge is 0.409 e. The predicted molar refractivity (Wildman–Crippen MR) is 81.9 cm³/mol. The van der Waals surface area contributed by atoms with Crippen LogP contribution < -0.4 is 0 Å². The van der Waals surface area contributed by atoms with Gasteiger partial charge in [0, 0.05) is 20.0 Å². The number of alkyl halides is 2. The molecule has 1 aliphatic heterocycles. The maximum atomic E-state index is 12.3. The van der Waals surface area contributed by atoms with Crippen molar-refractivity contribution in [2.75, 3.05) is 20.7 Å². The van der Waals surface area contributed by atoms with Gasteiger partial charge in [0.15, 0.2) is 10.6 Å². The third kappa shape index (κ3) is 3.08. The van der Waals surface area contributed by atoms with Crippen molar-refractivity contribution in [1.29, 1.82) is 0 Å². The van der Waals surface area contributed by atoms with E-state index < -0.39 is 22.4 Å². The molecule has 1 spiro atoms. The molecule has 2 rings (SSSR count). The van der Waals surface area contributed by atoms with Crippen LogP contribution in [0.2, 0.25) is 0 Å². The molecular formula is C14H18Cl2N2O4. The van der Waals surface area contributed by atoms with E-state index in [0.717, 1.165) is 0 Å². The summed E-state index contributed by atoms with van der Waals surface area (Å²) >= 11 is 11.5. The number of ether oxygens (including phenoxy) is 1. The maximum absolute atomic E-state index is 12.3. The first-order valence-electron chi connectivity index (χ1n) is 6.93. The molecule has 1 heterocycles. The molecule has 2 atom stereocenters. The highest BCUT2D eigenvalue weighted by atomic mass is 35.5. The number of methoxy groups -OCH3 is 1. The number of carbonyl (C=O) groups excluding carboxylic acids is 3. The molecule has 2 unspecified atom stereocenters. The Morgan fingerprint density at radius 2 is 2.18 bits per heavy atom. The normalized spacial score (nSPS) is 27.6. The minimum Gasteiger partial charge on any atom is -0.453 e. The van der Waals surface area contributed by atoms with E-state index in [-0.39, 0.29) is 11.8 Å². The number of ketones is 1. The minimum absolute atomic E-state index is 0.0242. The van der Waals surface area contributed by atoms with Gasteiger partial charge in [0.1, 0.15) is 0 Å². The second-order valence-corrected chi connectivity index (χ2v) is 6.69. The lowest BCUT2D eigenvalue weighted by Gasteiger charge is -2.37. The second kappa shape index (κ2) is 6.46. The van der Waals surface area contributed by atoms with E-state index in [2.05, 4.69) is 0 Å². The third-order valence-corrected chi connectivity index (χ3v) is 4.74. The molecule has 1 saturated heterocycles. The van der Waals surface area contributed by atoms with Crippen molar-refractivity contribution in [2.45, 2.75) is 35.7 Å². The van der Waals surface area contributed by atoms with Crippen LogP contribution in [-0.4, -0.2) is 64.7 Å². The van der Waals surface area contributed by atoms with Crippen LogP contribution in [0.4, 0.5) is 4.79 Å². The van der Waals surface area contributed by atoms with Crippen molar-refractivity contribution in [1.82, 2.24) is 9.80 Å². The Labute approximate surface area is 139 Å². The number of rotatable bonds is 2. The summed E-state index contributed by atoms with van der Waals surface area (Å²) in [6, 6.07) is -0.221. The number of halogens is 2. The zero-order valence-electron chi connectivity index (χ0n) is 12.4. The van der Waals surface area contributed by atoms with E-state index in [4.69, 9.17) is 27.9 Å². The molecule has 1 fully saturated rings. The fourth-order valence-corrected chi connectivity index (χ4v) is 3.34. The molecular weight excluding hydrogens is 331 g/mol. The van der Waals surface area contributed by atoms with Gasteiger partial charge in [0.25, 0.3) is 5.91 Å². The van der Waals surface area contributed by atoms with Crippen LogP contribution in [0.3, 0.4) is 0 Å². The van der Waals surface area contributed by atoms with Gasteiger partial charge in [-0.05, 0) is 18.9 Å². The van der Waals surface area contributed by atoms with Crippen LogP contribution >= 0.6 is 23.2 Å². The SMILES string of the molecule is COC(=O)N(C)C1CN(C(=O)C(Cl)Cl)C2(C=CC(=O)CC2)C1. The number of carbonyl (C=O) groups is 3. The van der Waals surface area contributed by atoms with E-state index in [1.807, 2.05) is 0 Å². The van der Waals surface area contributed by atoms with Crippen molar-refractivity contribution < 1.29 is 19.1 Å². The summed E-state index contributed by atoms with van der Waals surface area (Å²) in [6.45, 7) is 0.304. The van der Waals surface area contributed by atoms with Crippen molar-refractivity contribution in [3.05, 3.63) is 12.2 Å². The molecule has 0 aromatic rings. The molecule has 1 aliphatic carbocycles. The van der Waals surface area contributed by atoms with Crippen LogP contribution in [0.25, 0.3) is 0 Å². The van der Waals surface area contributed by atoms with E-state index in [1.54, 1.807) is 18.0 Å². The molecule has 0 bridgehead atoms. The van der Waals surface area contributed by atoms with Gasteiger partial charge in [0.05, 0.1) is 18.7 Å². The summed E-state index contributed by atoms with van der Waals surface area (Å²) in [5, 5.41) is 0. The summed E-state index contributed by atoms with van der Waals surface area (Å²) in [5.74, 6) is -0.390. The van der Waals surface area contributed by atoms with E-state index in [0.29, 0.717) is 25.8 Å². The molecule has 0 radical (unpaired) electrons. The lowest BCUT2D eigenvalue weighted by atomic mass is 9.84. The Morgan fingerprint density at radius 3 is 2.68 bits per heavy atom. The average molecular weight is 349 g/mol. The first-order chi connectivity index (χ1) is 10.3. The van der Waals surface area contributed by atoms with Crippen molar-refractivity contribution in [2.24, 2.45) is 0 Å². The average Bonchev–Trinajstić information content (AvgIpc) is 2.87. The third-order valence-electron chi connectivity index (χ3n) is 4.37. The highest BCUT2D eigenvalue weighted by Gasteiger charge is 2.50. The summed E-state index contributed by atoms with van der Waals surface area (Å²) in [6.07, 6.45) is 4.12. The van der Waals surface area contributed by atoms with Gasteiger partial charge in [0.2, 0.25) is 0 Å². The molecule has 6 nitrogen and oxygen atoms in total. The number of likely N-dealkylation sites (tertiary alicyclic amines) is 1. The van der Waals surface area contributed by atoms with Gasteiger partial charge in [-0.25, -0.2) is 4.79 Å². The summed E-state index contributed by atoms with van der Waals surface area (Å²) in [4.78, 5) is 37.3. The van der Waals surface area contributed by atoms with Gasteiger partial charge < -0.3 is 14.5 Å². The number of allylic oxidation sites excluding steroid dienone is 1. The molecule has 0 aromatic carbocycles. The van der Waals surface area contributed by atoms with E-state index in [1.165, 1.54) is 18.1 Å². The highest BCUT2D eigenvalue weighted by Crippen LogP contribution is 2.40. The molecule has 0 saturated carbocycles. The molecule has 0 N–H and O–H groups in total. The van der Waals surface area contributed by atoms with Crippen LogP contribution in [0.5, 0.6) is 0 Å². The molecule has 2 aliphatic rings. The van der Waals surface area contributed by atoms with Gasteiger partial charge in [-0.3, -0.25) is 9.59 Å². The van der Waals surface area contributed by atoms with Crippen LogP contribution in [0.1, 0.15) is 19.3 Å². The Morgan fingerprint density at radius 1 is 1.50 bits per heavy atom. The molecule has 8 heteroatoms. The number of hydrogen-bond acceptors (Lipinski definition) is 4. The number of amides is 2. The van der Waals surface area contributed by atoms with Gasteiger partial charge in [-0.15, -0.1) is 0 Å². The number of nitrogens with zero attached hydrogens (tertiary/aromatic N) is 2. The van der Waals surface area contributed by atoms with Crippen molar-refractivity contribution >= 4 is 41.0 Å². The monoisotopic (exact) mass is 348 g/mol. The Balaban J connectivity index is 2.29. The van der Waals surface area contributed by atoms with Gasteiger partial charge in [-0.2, -0.15) is 0 Å². The van der Waals surface area contributed by atoms with Crippen LogP contribution in [-0.2, 0) is 14.3 Å². The van der Waals surface area contributed by atoms with Gasteiger partial charge in [-0.1, -0.05) is 29.3 Å². The summed E-state index contributed by atoms with van der Waals surface area (Å²) in [5.41, 5.74) is -0.625. The van der Waals surface area contributed by atoms with Gasteiger partial charge >= 0.3 is 6.09 Å². The van der Waals surface area contributed by atoms with Crippen LogP contribution in [0, 0.1) is 0 Å². The van der Waals surface area contributed by atoms with Crippen molar-refractivity contribution in [3.8, 4) is 0 Å². The molecule has 122 valence electrons. The van der Waals surface area contributed by atoms with E-state index in [9.17, 15) is 14.4 Å². The zero-order valence-corrected chi connectivity index (χ0v) is 13.9. The lowest BCUT2D eigenvalue weighted by molar-refractivity contribution is -0.133. The molecule has 2 amide bonds. The largest absolute Gasteiger partial charge is 0.453 e. The highest BCUT2D eigenvalue weighted by molar-refractivity contribution is 6.53. The minimum atomic E-state index is -1.18. The second-order valence-electron chi connectivity index (χ2n) is 5.59. The number of hydrogen-bond donors (Lipinski definition) is 0. The fourth-order valence-electron chi connectivity index (χ4n) is 3.10. The first kappa shape index (κ1) is 17.1. The fraction of sp³-hybridized carbons (Fsp3) is 0.643. The number of likely N-dealkylation sites (N-methyl/N-ethyl adjacent to an activating group) is 1. The summed E-state index contributed by atoms with van der Waals surface area (Å²) < 4.78 is 4.72. The summed E-state index contributed by atoms with van der Waals surface area (Å²) in [7, 11) is 2.92. The Hall–Kier alpha value is -1.27. The predicted octanol–water partition coefficient (Wildman–Crippen LogP) is 1.75. The van der Waals surface area contributed by atoms with Crippen LogP contribution in [0.15, 0.2) is 12.2 Å². The lowest BCUT2D eigenvalue weighted by Crippen LogP contribution is -2.49. The topological polar surface area (TPSA) is 66.9 Å². The maximum Gasteiger partial charge on any atom is 0.409 e. The van der Waals surface area contributed by atoms with Crippen molar-refractivity contribution in [3.63, 3.8) is 0 Å². The Kier molecular flexibility index (Phi) is 5.02. The Bertz CT molecular complexity index is 523. The standard InChI is InChI=1S/C14H18Cl2N2O4/c1-17(13(21)22-2)9-7-14(5-3-10(19)4-6-14)18(8-9)12(20)11(15)16/h3,5,9,11H,4,6-8H2,1-2H3. The molecule has 22 heavy (non-hydrogen) atoms. The molecule has 0 aromatic heterocycles. The van der Waals surface area contributed by atoms with E-state index >= 15 is 0 Å². The quantitative estimate of drug-likeness (QED) is 0.713. The zero-order chi connectivity index (χ0) is 16.5.